The van der Waals surface area contributed by atoms with Gasteiger partial charge in [-0.3, -0.25) is 9.69 Å². The quantitative estimate of drug-likeness (QED) is 0.692. The van der Waals surface area contributed by atoms with Crippen molar-refractivity contribution in [3.8, 4) is 0 Å². The number of hydrogen-bond donors (Lipinski definition) is 1. The highest BCUT2D eigenvalue weighted by Crippen LogP contribution is 2.03. The summed E-state index contributed by atoms with van der Waals surface area (Å²) in [6.45, 7) is 4.17. The Bertz CT molecular complexity index is 305. The topological polar surface area (TPSA) is 58.2 Å². The molecule has 14 heavy (non-hydrogen) atoms. The molecule has 0 aliphatic carbocycles. The smallest absolute Gasteiger partial charge is 0.167 e. The van der Waals surface area contributed by atoms with E-state index in [9.17, 15) is 4.79 Å². The summed E-state index contributed by atoms with van der Waals surface area (Å²) in [5, 5.41) is 0. The van der Waals surface area contributed by atoms with Crippen LogP contribution in [-0.4, -0.2) is 47.5 Å². The van der Waals surface area contributed by atoms with E-state index < -0.39 is 0 Å². The zero-order chi connectivity index (χ0) is 9.80. The van der Waals surface area contributed by atoms with E-state index in [0.717, 1.165) is 45.0 Å². The molecule has 0 spiro atoms. The summed E-state index contributed by atoms with van der Waals surface area (Å²) in [7, 11) is 0. The number of carbonyl (C=O) groups excluding carboxylic acids is 1. The molecule has 0 atom stereocenters. The van der Waals surface area contributed by atoms with Crippen LogP contribution in [0.1, 0.15) is 16.3 Å². The van der Waals surface area contributed by atoms with Gasteiger partial charge in [0.05, 0.1) is 31.6 Å². The Kier molecular flexibility index (Phi) is 2.90. The number of imidazole rings is 1. The van der Waals surface area contributed by atoms with Crippen LogP contribution in [0.25, 0.3) is 0 Å². The monoisotopic (exact) mass is 195 g/mol. The van der Waals surface area contributed by atoms with Crippen molar-refractivity contribution in [2.75, 3.05) is 26.3 Å². The fourth-order valence-corrected chi connectivity index (χ4v) is 1.49. The van der Waals surface area contributed by atoms with Crippen LogP contribution < -0.4 is 0 Å². The van der Waals surface area contributed by atoms with E-state index >= 15 is 0 Å². The van der Waals surface area contributed by atoms with Crippen molar-refractivity contribution in [1.29, 1.82) is 0 Å². The van der Waals surface area contributed by atoms with Crippen molar-refractivity contribution in [2.24, 2.45) is 0 Å². The van der Waals surface area contributed by atoms with Gasteiger partial charge < -0.3 is 9.72 Å². The largest absolute Gasteiger partial charge is 0.379 e. The summed E-state index contributed by atoms with van der Waals surface area (Å²) in [5.41, 5.74) is 0.535. The molecule has 76 valence electrons. The molecule has 5 nitrogen and oxygen atoms in total. The van der Waals surface area contributed by atoms with Crippen LogP contribution in [0.3, 0.4) is 0 Å². The lowest BCUT2D eigenvalue weighted by atomic mass is 10.4. The van der Waals surface area contributed by atoms with E-state index in [4.69, 9.17) is 4.74 Å². The minimum atomic E-state index is 0.535. The second-order valence-electron chi connectivity index (χ2n) is 3.29. The van der Waals surface area contributed by atoms with E-state index in [2.05, 4.69) is 14.9 Å². The summed E-state index contributed by atoms with van der Waals surface area (Å²) in [6.07, 6.45) is 2.33. The zero-order valence-corrected chi connectivity index (χ0v) is 7.90. The minimum Gasteiger partial charge on any atom is -0.379 e. The maximum atomic E-state index is 10.4. The molecule has 0 unspecified atom stereocenters. The number of aldehydes is 1. The summed E-state index contributed by atoms with van der Waals surface area (Å²) >= 11 is 0. The Morgan fingerprint density at radius 2 is 2.36 bits per heavy atom. The number of nitrogens with zero attached hydrogens (tertiary/aromatic N) is 2. The predicted molar refractivity (Wildman–Crippen MR) is 50.1 cm³/mol. The van der Waals surface area contributed by atoms with Crippen molar-refractivity contribution < 1.29 is 9.53 Å². The Morgan fingerprint density at radius 1 is 1.57 bits per heavy atom. The van der Waals surface area contributed by atoms with Gasteiger partial charge in [0.25, 0.3) is 0 Å². The number of morpholine rings is 1. The van der Waals surface area contributed by atoms with Crippen LogP contribution >= 0.6 is 0 Å². The molecule has 1 aliphatic heterocycles. The average Bonchev–Trinajstić information content (AvgIpc) is 2.67. The summed E-state index contributed by atoms with van der Waals surface area (Å²) in [4.78, 5) is 19.7. The van der Waals surface area contributed by atoms with Crippen molar-refractivity contribution >= 4 is 6.29 Å². The van der Waals surface area contributed by atoms with Crippen LogP contribution in [0.5, 0.6) is 0 Å². The first kappa shape index (κ1) is 9.36. The molecule has 0 bridgehead atoms. The highest BCUT2D eigenvalue weighted by atomic mass is 16.5. The SMILES string of the molecule is O=Cc1cnc(CN2CCOCC2)[nH]1. The molecule has 1 aromatic heterocycles. The van der Waals surface area contributed by atoms with Gasteiger partial charge >= 0.3 is 0 Å². The van der Waals surface area contributed by atoms with Crippen molar-refractivity contribution in [2.45, 2.75) is 6.54 Å². The molecule has 0 aromatic carbocycles. The normalized spacial score (nSPS) is 18.3. The molecule has 1 N–H and O–H groups in total. The van der Waals surface area contributed by atoms with E-state index in [1.807, 2.05) is 0 Å². The van der Waals surface area contributed by atoms with Gasteiger partial charge in [-0.05, 0) is 0 Å². The maximum Gasteiger partial charge on any atom is 0.167 e. The Morgan fingerprint density at radius 3 is 3.00 bits per heavy atom. The van der Waals surface area contributed by atoms with E-state index in [0.29, 0.717) is 5.69 Å². The molecular weight excluding hydrogens is 182 g/mol. The third-order valence-corrected chi connectivity index (χ3v) is 2.25. The molecule has 0 radical (unpaired) electrons. The van der Waals surface area contributed by atoms with Crippen molar-refractivity contribution in [3.63, 3.8) is 0 Å². The maximum absolute atomic E-state index is 10.4. The first-order chi connectivity index (χ1) is 6.88. The molecule has 1 fully saturated rings. The van der Waals surface area contributed by atoms with Gasteiger partial charge in [-0.1, -0.05) is 0 Å². The fraction of sp³-hybridized carbons (Fsp3) is 0.556. The number of hydrogen-bond acceptors (Lipinski definition) is 4. The zero-order valence-electron chi connectivity index (χ0n) is 7.90. The number of nitrogens with one attached hydrogen (secondary N) is 1. The second kappa shape index (κ2) is 4.34. The molecule has 1 saturated heterocycles. The number of carbonyl (C=O) groups is 1. The number of ether oxygens (including phenoxy) is 1. The number of aromatic amines is 1. The standard InChI is InChI=1S/C9H13N3O2/c13-7-8-5-10-9(11-8)6-12-1-3-14-4-2-12/h5,7H,1-4,6H2,(H,10,11). The predicted octanol–water partition coefficient (Wildman–Crippen LogP) is 0.0544. The Balaban J connectivity index is 1.92. The summed E-state index contributed by atoms with van der Waals surface area (Å²) < 4.78 is 5.24. The molecule has 1 aromatic rings. The van der Waals surface area contributed by atoms with Gasteiger partial charge in [0.15, 0.2) is 6.29 Å². The molecule has 1 aliphatic rings. The number of rotatable bonds is 3. The lowest BCUT2D eigenvalue weighted by Gasteiger charge is -2.25. The molecule has 5 heteroatoms. The van der Waals surface area contributed by atoms with E-state index in [1.54, 1.807) is 6.20 Å². The number of aromatic nitrogens is 2. The van der Waals surface area contributed by atoms with Gasteiger partial charge in [-0.15, -0.1) is 0 Å². The fourth-order valence-electron chi connectivity index (χ4n) is 1.49. The molecule has 2 rings (SSSR count). The van der Waals surface area contributed by atoms with E-state index in [1.165, 1.54) is 0 Å². The summed E-state index contributed by atoms with van der Waals surface area (Å²) in [5.74, 6) is 0.842. The minimum absolute atomic E-state index is 0.535. The third kappa shape index (κ3) is 2.18. The average molecular weight is 195 g/mol. The van der Waals surface area contributed by atoms with Crippen molar-refractivity contribution in [1.82, 2.24) is 14.9 Å². The van der Waals surface area contributed by atoms with Crippen LogP contribution in [0.15, 0.2) is 6.20 Å². The van der Waals surface area contributed by atoms with Crippen LogP contribution in [0, 0.1) is 0 Å². The Hall–Kier alpha value is -1.20. The van der Waals surface area contributed by atoms with Crippen LogP contribution in [-0.2, 0) is 11.3 Å². The van der Waals surface area contributed by atoms with Gasteiger partial charge in [-0.2, -0.15) is 0 Å². The highest BCUT2D eigenvalue weighted by molar-refractivity contribution is 5.71. The van der Waals surface area contributed by atoms with E-state index in [-0.39, 0.29) is 0 Å². The Labute approximate surface area is 82.1 Å². The van der Waals surface area contributed by atoms with Crippen LogP contribution in [0.2, 0.25) is 0 Å². The van der Waals surface area contributed by atoms with Crippen LogP contribution in [0.4, 0.5) is 0 Å². The second-order valence-corrected chi connectivity index (χ2v) is 3.29. The molecule has 2 heterocycles. The highest BCUT2D eigenvalue weighted by Gasteiger charge is 2.11. The lowest BCUT2D eigenvalue weighted by Crippen LogP contribution is -2.35. The van der Waals surface area contributed by atoms with Gasteiger partial charge in [-0.25, -0.2) is 4.98 Å². The molecular formula is C9H13N3O2. The first-order valence-corrected chi connectivity index (χ1v) is 4.67. The van der Waals surface area contributed by atoms with Crippen molar-refractivity contribution in [3.05, 3.63) is 17.7 Å². The summed E-state index contributed by atoms with van der Waals surface area (Å²) in [6, 6.07) is 0. The lowest BCUT2D eigenvalue weighted by molar-refractivity contribution is 0.0331. The molecule has 0 saturated carbocycles. The van der Waals surface area contributed by atoms with Gasteiger partial charge in [0.2, 0.25) is 0 Å². The first-order valence-electron chi connectivity index (χ1n) is 4.67. The van der Waals surface area contributed by atoms with Gasteiger partial charge in [0, 0.05) is 13.1 Å². The molecule has 0 amide bonds. The third-order valence-electron chi connectivity index (χ3n) is 2.25. The number of H-pyrrole nitrogens is 1. The van der Waals surface area contributed by atoms with Gasteiger partial charge in [0.1, 0.15) is 5.82 Å².